The Labute approximate surface area is 69.9 Å². The maximum atomic E-state index is 3.94. The van der Waals surface area contributed by atoms with Gasteiger partial charge >= 0.3 is 0 Å². The summed E-state index contributed by atoms with van der Waals surface area (Å²) in [6, 6.07) is 0.683. The van der Waals surface area contributed by atoms with Gasteiger partial charge in [0.15, 0.2) is 0 Å². The van der Waals surface area contributed by atoms with E-state index in [1.807, 2.05) is 0 Å². The first-order valence-electron chi connectivity index (χ1n) is 4.46. The molecule has 1 aliphatic carbocycles. The third kappa shape index (κ3) is 2.33. The fourth-order valence-corrected chi connectivity index (χ4v) is 1.75. The van der Waals surface area contributed by atoms with Gasteiger partial charge in [0.05, 0.1) is 0 Å². The maximum absolute atomic E-state index is 3.94. The Morgan fingerprint density at radius 2 is 2.27 bits per heavy atom. The molecule has 0 spiro atoms. The topological polar surface area (TPSA) is 12.0 Å². The van der Waals surface area contributed by atoms with Crippen LogP contribution >= 0.6 is 0 Å². The molecule has 0 heterocycles. The van der Waals surface area contributed by atoms with Gasteiger partial charge in [-0.2, -0.15) is 0 Å². The van der Waals surface area contributed by atoms with Gasteiger partial charge in [-0.25, -0.2) is 0 Å². The van der Waals surface area contributed by atoms with Crippen molar-refractivity contribution >= 4 is 0 Å². The monoisotopic (exact) mass is 153 g/mol. The Morgan fingerprint density at radius 3 is 2.55 bits per heavy atom. The van der Waals surface area contributed by atoms with Gasteiger partial charge in [0.25, 0.3) is 0 Å². The molecule has 3 atom stereocenters. The Kier molecular flexibility index (Phi) is 2.72. The van der Waals surface area contributed by atoms with Crippen molar-refractivity contribution in [1.82, 2.24) is 5.32 Å². The van der Waals surface area contributed by atoms with Gasteiger partial charge < -0.3 is 5.32 Å². The third-order valence-corrected chi connectivity index (χ3v) is 2.63. The van der Waals surface area contributed by atoms with Crippen LogP contribution in [0.25, 0.3) is 0 Å². The Morgan fingerprint density at radius 1 is 1.73 bits per heavy atom. The zero-order chi connectivity index (χ0) is 8.43. The Bertz CT molecular complexity index is 151. The lowest BCUT2D eigenvalue weighted by Gasteiger charge is -2.15. The second-order valence-electron chi connectivity index (χ2n) is 3.93. The van der Waals surface area contributed by atoms with E-state index in [1.165, 1.54) is 12.0 Å². The van der Waals surface area contributed by atoms with E-state index in [9.17, 15) is 0 Å². The Balaban J connectivity index is 2.32. The number of hydrogen-bond acceptors (Lipinski definition) is 1. The predicted molar refractivity (Wildman–Crippen MR) is 49.5 cm³/mol. The van der Waals surface area contributed by atoms with Crippen LogP contribution in [0.5, 0.6) is 0 Å². The summed E-state index contributed by atoms with van der Waals surface area (Å²) in [7, 11) is 2.05. The van der Waals surface area contributed by atoms with Crippen LogP contribution in [0.4, 0.5) is 0 Å². The second-order valence-corrected chi connectivity index (χ2v) is 3.93. The van der Waals surface area contributed by atoms with E-state index in [2.05, 4.69) is 32.8 Å². The van der Waals surface area contributed by atoms with Crippen LogP contribution in [0.1, 0.15) is 26.7 Å². The van der Waals surface area contributed by atoms with Crippen molar-refractivity contribution in [3.05, 3.63) is 12.2 Å². The smallest absolute Gasteiger partial charge is 0.0132 e. The van der Waals surface area contributed by atoms with Gasteiger partial charge in [-0.3, -0.25) is 0 Å². The average Bonchev–Trinajstić information content (AvgIpc) is 2.61. The highest BCUT2D eigenvalue weighted by molar-refractivity contribution is 5.00. The van der Waals surface area contributed by atoms with E-state index in [0.29, 0.717) is 6.04 Å². The Hall–Kier alpha value is -0.300. The summed E-state index contributed by atoms with van der Waals surface area (Å²) < 4.78 is 0. The van der Waals surface area contributed by atoms with Crippen molar-refractivity contribution in [3.63, 3.8) is 0 Å². The molecule has 1 nitrogen and oxygen atoms in total. The fraction of sp³-hybridized carbons (Fsp3) is 0.800. The van der Waals surface area contributed by atoms with Gasteiger partial charge in [0.1, 0.15) is 0 Å². The molecule has 0 saturated heterocycles. The van der Waals surface area contributed by atoms with Crippen LogP contribution < -0.4 is 5.32 Å². The molecule has 1 fully saturated rings. The SMILES string of the molecule is C=C(C)CC(NC)C1CC1C. The van der Waals surface area contributed by atoms with Gasteiger partial charge in [-0.1, -0.05) is 12.5 Å². The summed E-state index contributed by atoms with van der Waals surface area (Å²) in [6.07, 6.45) is 2.55. The maximum Gasteiger partial charge on any atom is 0.0132 e. The summed E-state index contributed by atoms with van der Waals surface area (Å²) in [5.41, 5.74) is 1.29. The molecule has 0 amide bonds. The third-order valence-electron chi connectivity index (χ3n) is 2.63. The van der Waals surface area contributed by atoms with Gasteiger partial charge in [0, 0.05) is 6.04 Å². The molecule has 11 heavy (non-hydrogen) atoms. The molecule has 1 saturated carbocycles. The summed E-state index contributed by atoms with van der Waals surface area (Å²) in [6.45, 7) is 8.37. The van der Waals surface area contributed by atoms with Gasteiger partial charge in [0.2, 0.25) is 0 Å². The average molecular weight is 153 g/mol. The summed E-state index contributed by atoms with van der Waals surface area (Å²) in [4.78, 5) is 0. The zero-order valence-corrected chi connectivity index (χ0v) is 7.85. The molecule has 3 unspecified atom stereocenters. The van der Waals surface area contributed by atoms with Crippen molar-refractivity contribution in [1.29, 1.82) is 0 Å². The fourth-order valence-electron chi connectivity index (χ4n) is 1.75. The molecule has 0 radical (unpaired) electrons. The first-order valence-corrected chi connectivity index (χ1v) is 4.46. The highest BCUT2D eigenvalue weighted by atomic mass is 14.9. The summed E-state index contributed by atoms with van der Waals surface area (Å²) in [5, 5.41) is 3.36. The minimum absolute atomic E-state index is 0.683. The highest BCUT2D eigenvalue weighted by Crippen LogP contribution is 2.41. The summed E-state index contributed by atoms with van der Waals surface area (Å²) in [5.74, 6) is 1.85. The van der Waals surface area contributed by atoms with Crippen molar-refractivity contribution in [2.45, 2.75) is 32.7 Å². The molecule has 64 valence electrons. The van der Waals surface area contributed by atoms with Crippen LogP contribution in [0.2, 0.25) is 0 Å². The summed E-state index contributed by atoms with van der Waals surface area (Å²) >= 11 is 0. The van der Waals surface area contributed by atoms with Crippen LogP contribution in [0.3, 0.4) is 0 Å². The van der Waals surface area contributed by atoms with Gasteiger partial charge in [-0.05, 0) is 38.6 Å². The first kappa shape index (κ1) is 8.79. The molecule has 1 heteroatoms. The van der Waals surface area contributed by atoms with E-state index in [4.69, 9.17) is 0 Å². The van der Waals surface area contributed by atoms with Gasteiger partial charge in [-0.15, -0.1) is 6.58 Å². The lowest BCUT2D eigenvalue weighted by Crippen LogP contribution is -2.28. The molecule has 0 aromatic carbocycles. The number of rotatable bonds is 4. The van der Waals surface area contributed by atoms with Crippen LogP contribution in [0, 0.1) is 11.8 Å². The molecule has 1 N–H and O–H groups in total. The normalized spacial score (nSPS) is 31.5. The number of nitrogens with one attached hydrogen (secondary N) is 1. The first-order chi connectivity index (χ1) is 5.15. The highest BCUT2D eigenvalue weighted by Gasteiger charge is 2.38. The molecule has 1 aliphatic rings. The molecule has 1 rings (SSSR count). The van der Waals surface area contributed by atoms with E-state index < -0.39 is 0 Å². The standard InChI is InChI=1S/C10H19N/c1-7(2)5-10(11-4)9-6-8(9)3/h8-11H,1,5-6H2,2-4H3. The van der Waals surface area contributed by atoms with Crippen molar-refractivity contribution < 1.29 is 0 Å². The van der Waals surface area contributed by atoms with Crippen LogP contribution in [0.15, 0.2) is 12.2 Å². The second kappa shape index (κ2) is 3.40. The zero-order valence-electron chi connectivity index (χ0n) is 7.85. The lowest BCUT2D eigenvalue weighted by atomic mass is 10.0. The van der Waals surface area contributed by atoms with E-state index in [0.717, 1.165) is 18.3 Å². The number of hydrogen-bond donors (Lipinski definition) is 1. The van der Waals surface area contributed by atoms with Crippen LogP contribution in [-0.2, 0) is 0 Å². The van der Waals surface area contributed by atoms with Crippen molar-refractivity contribution in [2.24, 2.45) is 11.8 Å². The molecular formula is C10H19N. The molecule has 0 bridgehead atoms. The van der Waals surface area contributed by atoms with E-state index in [-0.39, 0.29) is 0 Å². The molecular weight excluding hydrogens is 134 g/mol. The largest absolute Gasteiger partial charge is 0.316 e. The predicted octanol–water partition coefficient (Wildman–Crippen LogP) is 2.20. The molecule has 0 aromatic heterocycles. The van der Waals surface area contributed by atoms with Crippen LogP contribution in [-0.4, -0.2) is 13.1 Å². The lowest BCUT2D eigenvalue weighted by molar-refractivity contribution is 0.478. The van der Waals surface area contributed by atoms with Crippen molar-refractivity contribution in [2.75, 3.05) is 7.05 Å². The quantitative estimate of drug-likeness (QED) is 0.610. The molecule has 0 aliphatic heterocycles. The van der Waals surface area contributed by atoms with Crippen molar-refractivity contribution in [3.8, 4) is 0 Å². The van der Waals surface area contributed by atoms with E-state index in [1.54, 1.807) is 0 Å². The minimum atomic E-state index is 0.683. The van der Waals surface area contributed by atoms with E-state index >= 15 is 0 Å². The minimum Gasteiger partial charge on any atom is -0.316 e. The molecule has 0 aromatic rings.